The van der Waals surface area contributed by atoms with Gasteiger partial charge in [-0.25, -0.2) is 0 Å². The molecular weight excluding hydrogens is 330 g/mol. The Balaban J connectivity index is 1.51. The molecule has 7 heteroatoms. The van der Waals surface area contributed by atoms with Crippen LogP contribution in [0.3, 0.4) is 0 Å². The topological polar surface area (TPSA) is 77.2 Å². The molecule has 0 aliphatic heterocycles. The number of carbonyl (C=O) groups excluding carboxylic acids is 1. The molecule has 1 heterocycles. The van der Waals surface area contributed by atoms with Crippen LogP contribution in [0.1, 0.15) is 5.89 Å². The zero-order chi connectivity index (χ0) is 16.8. The largest absolute Gasteiger partial charge is 0.484 e. The van der Waals surface area contributed by atoms with Gasteiger partial charge in [0.2, 0.25) is 11.7 Å². The molecule has 0 saturated heterocycles. The van der Waals surface area contributed by atoms with Gasteiger partial charge in [-0.1, -0.05) is 47.1 Å². The molecule has 0 aliphatic rings. The first-order chi connectivity index (χ1) is 11.7. The van der Waals surface area contributed by atoms with E-state index in [0.29, 0.717) is 22.5 Å². The molecule has 0 unspecified atom stereocenters. The van der Waals surface area contributed by atoms with Crippen molar-refractivity contribution in [2.45, 2.75) is 6.54 Å². The monoisotopic (exact) mass is 343 g/mol. The number of nitrogens with one attached hydrogen (secondary N) is 1. The molecule has 0 saturated carbocycles. The maximum atomic E-state index is 11.8. The summed E-state index contributed by atoms with van der Waals surface area (Å²) in [6.07, 6.45) is 0. The molecular formula is C17H14ClN3O3. The normalized spacial score (nSPS) is 10.4. The molecule has 1 aromatic heterocycles. The van der Waals surface area contributed by atoms with E-state index < -0.39 is 0 Å². The van der Waals surface area contributed by atoms with Gasteiger partial charge in [0, 0.05) is 10.6 Å². The van der Waals surface area contributed by atoms with Gasteiger partial charge in [0.25, 0.3) is 5.91 Å². The summed E-state index contributed by atoms with van der Waals surface area (Å²) in [5, 5.41) is 7.12. The number of hydrogen-bond donors (Lipinski definition) is 1. The van der Waals surface area contributed by atoms with Crippen molar-refractivity contribution in [1.29, 1.82) is 0 Å². The van der Waals surface area contributed by atoms with Crippen LogP contribution in [0, 0.1) is 0 Å². The van der Waals surface area contributed by atoms with Gasteiger partial charge in [0.1, 0.15) is 5.75 Å². The van der Waals surface area contributed by atoms with Gasteiger partial charge in [0.05, 0.1) is 6.54 Å². The number of ether oxygens (including phenoxy) is 1. The van der Waals surface area contributed by atoms with Crippen LogP contribution >= 0.6 is 11.6 Å². The third-order valence-corrected chi connectivity index (χ3v) is 3.34. The second-order valence-electron chi connectivity index (χ2n) is 4.90. The number of amides is 1. The summed E-state index contributed by atoms with van der Waals surface area (Å²) < 4.78 is 10.5. The smallest absolute Gasteiger partial charge is 0.258 e. The van der Waals surface area contributed by atoms with E-state index in [4.69, 9.17) is 20.9 Å². The van der Waals surface area contributed by atoms with Crippen molar-refractivity contribution in [2.75, 3.05) is 6.61 Å². The van der Waals surface area contributed by atoms with Crippen LogP contribution < -0.4 is 10.1 Å². The van der Waals surface area contributed by atoms with Crippen molar-refractivity contribution >= 4 is 17.5 Å². The Morgan fingerprint density at radius 2 is 2.00 bits per heavy atom. The Hall–Kier alpha value is -2.86. The van der Waals surface area contributed by atoms with E-state index in [1.54, 1.807) is 30.3 Å². The predicted octanol–water partition coefficient (Wildman–Crippen LogP) is 3.09. The van der Waals surface area contributed by atoms with E-state index in [2.05, 4.69) is 15.5 Å². The quantitative estimate of drug-likeness (QED) is 0.744. The average Bonchev–Trinajstić information content (AvgIpc) is 3.08. The second kappa shape index (κ2) is 7.61. The lowest BCUT2D eigenvalue weighted by Gasteiger charge is -2.05. The average molecular weight is 344 g/mol. The summed E-state index contributed by atoms with van der Waals surface area (Å²) in [5.74, 6) is 1.08. The highest BCUT2D eigenvalue weighted by atomic mass is 35.5. The number of rotatable bonds is 6. The first-order valence-electron chi connectivity index (χ1n) is 7.24. The van der Waals surface area contributed by atoms with Crippen LogP contribution in [0.4, 0.5) is 0 Å². The van der Waals surface area contributed by atoms with E-state index in [9.17, 15) is 4.79 Å². The van der Waals surface area contributed by atoms with Gasteiger partial charge in [-0.15, -0.1) is 0 Å². The molecule has 0 aliphatic carbocycles. The van der Waals surface area contributed by atoms with Gasteiger partial charge < -0.3 is 14.6 Å². The van der Waals surface area contributed by atoms with Crippen molar-refractivity contribution in [2.24, 2.45) is 0 Å². The van der Waals surface area contributed by atoms with Crippen molar-refractivity contribution < 1.29 is 14.1 Å². The zero-order valence-corrected chi connectivity index (χ0v) is 13.4. The Morgan fingerprint density at radius 1 is 1.17 bits per heavy atom. The van der Waals surface area contributed by atoms with Crippen LogP contribution in [0.15, 0.2) is 59.1 Å². The summed E-state index contributed by atoms with van der Waals surface area (Å²) in [5.41, 5.74) is 0.747. The van der Waals surface area contributed by atoms with Crippen molar-refractivity contribution in [3.63, 3.8) is 0 Å². The minimum Gasteiger partial charge on any atom is -0.484 e. The summed E-state index contributed by atoms with van der Waals surface area (Å²) >= 11 is 5.93. The van der Waals surface area contributed by atoms with Crippen molar-refractivity contribution in [3.8, 4) is 17.1 Å². The minimum atomic E-state index is -0.277. The standard InChI is InChI=1S/C17H14ClN3O3/c18-13-6-4-5-12(9-13)17-20-16(24-21-17)10-19-15(22)11-23-14-7-2-1-3-8-14/h1-9H,10-11H2,(H,19,22). The fourth-order valence-corrected chi connectivity index (χ4v) is 2.15. The molecule has 0 bridgehead atoms. The van der Waals surface area contributed by atoms with Crippen molar-refractivity contribution in [3.05, 3.63) is 65.5 Å². The molecule has 24 heavy (non-hydrogen) atoms. The van der Waals surface area contributed by atoms with Crippen LogP contribution in [0.2, 0.25) is 5.02 Å². The fourth-order valence-electron chi connectivity index (χ4n) is 1.96. The van der Waals surface area contributed by atoms with Gasteiger partial charge in [0.15, 0.2) is 6.61 Å². The van der Waals surface area contributed by atoms with Gasteiger partial charge >= 0.3 is 0 Å². The number of aromatic nitrogens is 2. The number of para-hydroxylation sites is 1. The predicted molar refractivity (Wildman–Crippen MR) is 88.5 cm³/mol. The number of hydrogen-bond acceptors (Lipinski definition) is 5. The molecule has 0 fully saturated rings. The number of carbonyl (C=O) groups is 1. The number of nitrogens with zero attached hydrogens (tertiary/aromatic N) is 2. The molecule has 6 nitrogen and oxygen atoms in total. The lowest BCUT2D eigenvalue weighted by molar-refractivity contribution is -0.123. The maximum Gasteiger partial charge on any atom is 0.258 e. The Kier molecular flexibility index (Phi) is 5.08. The van der Waals surface area contributed by atoms with Crippen LogP contribution in [0.5, 0.6) is 5.75 Å². The first kappa shape index (κ1) is 16.0. The van der Waals surface area contributed by atoms with Crippen LogP contribution in [0.25, 0.3) is 11.4 Å². The zero-order valence-electron chi connectivity index (χ0n) is 12.6. The molecule has 2 aromatic carbocycles. The second-order valence-corrected chi connectivity index (χ2v) is 5.34. The molecule has 1 N–H and O–H groups in total. The molecule has 1 amide bonds. The summed E-state index contributed by atoms with van der Waals surface area (Å²) in [4.78, 5) is 16.0. The number of benzene rings is 2. The Labute approximate surface area is 143 Å². The first-order valence-corrected chi connectivity index (χ1v) is 7.61. The highest BCUT2D eigenvalue weighted by Crippen LogP contribution is 2.19. The van der Waals surface area contributed by atoms with Crippen LogP contribution in [-0.4, -0.2) is 22.7 Å². The SMILES string of the molecule is O=C(COc1ccccc1)NCc1nc(-c2cccc(Cl)c2)no1. The van der Waals surface area contributed by atoms with E-state index in [1.165, 1.54) is 0 Å². The lowest BCUT2D eigenvalue weighted by Crippen LogP contribution is -2.28. The fraction of sp³-hybridized carbons (Fsp3) is 0.118. The van der Waals surface area contributed by atoms with Crippen LogP contribution in [-0.2, 0) is 11.3 Å². The summed E-state index contributed by atoms with van der Waals surface area (Å²) in [7, 11) is 0. The van der Waals surface area contributed by atoms with E-state index in [1.807, 2.05) is 24.3 Å². The Bertz CT molecular complexity index is 821. The highest BCUT2D eigenvalue weighted by Gasteiger charge is 2.10. The molecule has 3 rings (SSSR count). The third-order valence-electron chi connectivity index (χ3n) is 3.10. The molecule has 0 spiro atoms. The summed E-state index contributed by atoms with van der Waals surface area (Å²) in [6, 6.07) is 16.2. The molecule has 0 atom stereocenters. The van der Waals surface area contributed by atoms with E-state index in [-0.39, 0.29) is 19.1 Å². The van der Waals surface area contributed by atoms with E-state index in [0.717, 1.165) is 5.56 Å². The van der Waals surface area contributed by atoms with Gasteiger partial charge in [-0.3, -0.25) is 4.79 Å². The van der Waals surface area contributed by atoms with Gasteiger partial charge in [-0.2, -0.15) is 4.98 Å². The van der Waals surface area contributed by atoms with Crippen molar-refractivity contribution in [1.82, 2.24) is 15.5 Å². The third kappa shape index (κ3) is 4.33. The highest BCUT2D eigenvalue weighted by molar-refractivity contribution is 6.30. The Morgan fingerprint density at radius 3 is 2.79 bits per heavy atom. The molecule has 3 aromatic rings. The van der Waals surface area contributed by atoms with E-state index >= 15 is 0 Å². The molecule has 122 valence electrons. The number of halogens is 1. The minimum absolute atomic E-state index is 0.0840. The lowest BCUT2D eigenvalue weighted by atomic mass is 10.2. The van der Waals surface area contributed by atoms with Gasteiger partial charge in [-0.05, 0) is 24.3 Å². The summed E-state index contributed by atoms with van der Waals surface area (Å²) in [6.45, 7) is 0.0455. The maximum absolute atomic E-state index is 11.8. The molecule has 0 radical (unpaired) electrons.